The monoisotopic (exact) mass is 216 g/mol. The molecule has 0 aliphatic rings. The van der Waals surface area contributed by atoms with Crippen molar-refractivity contribution < 1.29 is 9.90 Å². The van der Waals surface area contributed by atoms with E-state index in [1.54, 1.807) is 18.6 Å². The maximum absolute atomic E-state index is 10.5. The molecular formula is C9H9KN2O2. The second-order valence-electron chi connectivity index (χ2n) is 2.81. The zero-order chi connectivity index (χ0) is 9.26. The third kappa shape index (κ3) is 2.43. The molecule has 2 N–H and O–H groups in total. The first kappa shape index (κ1) is 11.9. The quantitative estimate of drug-likeness (QED) is 0.720. The number of pyridine rings is 1. The minimum absolute atomic E-state index is 0. The van der Waals surface area contributed by atoms with Gasteiger partial charge in [-0.05, 0) is 11.6 Å². The molecule has 2 aromatic rings. The van der Waals surface area contributed by atoms with Gasteiger partial charge in [0.1, 0.15) is 0 Å². The summed E-state index contributed by atoms with van der Waals surface area (Å²) in [5, 5.41) is 9.54. The minimum atomic E-state index is -0.822. The molecule has 14 heavy (non-hydrogen) atoms. The van der Waals surface area contributed by atoms with Crippen molar-refractivity contribution in [2.75, 3.05) is 0 Å². The predicted octanol–water partition coefficient (Wildman–Crippen LogP) is 0.542. The first-order valence-electron chi connectivity index (χ1n) is 3.89. The van der Waals surface area contributed by atoms with Gasteiger partial charge in [-0.15, -0.1) is 0 Å². The first-order valence-corrected chi connectivity index (χ1v) is 3.89. The molecule has 0 fully saturated rings. The number of carboxylic acids is 1. The van der Waals surface area contributed by atoms with Gasteiger partial charge in [0.05, 0.1) is 18.1 Å². The number of H-pyrrole nitrogens is 1. The summed E-state index contributed by atoms with van der Waals surface area (Å²) in [4.78, 5) is 17.4. The summed E-state index contributed by atoms with van der Waals surface area (Å²) >= 11 is 0. The molecule has 0 aliphatic heterocycles. The van der Waals surface area contributed by atoms with Crippen molar-refractivity contribution in [3.63, 3.8) is 0 Å². The van der Waals surface area contributed by atoms with E-state index in [2.05, 4.69) is 9.97 Å². The Hall–Kier alpha value is -0.204. The van der Waals surface area contributed by atoms with Crippen LogP contribution in [0, 0.1) is 0 Å². The molecule has 2 heterocycles. The summed E-state index contributed by atoms with van der Waals surface area (Å²) in [7, 11) is 0. The van der Waals surface area contributed by atoms with Crippen LogP contribution < -0.4 is 0 Å². The number of rotatable bonds is 2. The van der Waals surface area contributed by atoms with Crippen LogP contribution in [0.15, 0.2) is 24.7 Å². The molecule has 0 aliphatic carbocycles. The van der Waals surface area contributed by atoms with Crippen molar-refractivity contribution in [1.29, 1.82) is 0 Å². The SMILES string of the molecule is O=C(O)Cc1c[nH]c2cnccc12.[KH]. The summed E-state index contributed by atoms with van der Waals surface area (Å²) in [5.41, 5.74) is 1.67. The molecule has 0 atom stereocenters. The molecule has 0 saturated heterocycles. The Bertz CT molecular complexity index is 453. The van der Waals surface area contributed by atoms with Gasteiger partial charge in [-0.2, -0.15) is 0 Å². The van der Waals surface area contributed by atoms with Gasteiger partial charge >= 0.3 is 57.4 Å². The number of hydrogen-bond acceptors (Lipinski definition) is 2. The zero-order valence-corrected chi connectivity index (χ0v) is 6.82. The van der Waals surface area contributed by atoms with Crippen molar-refractivity contribution in [1.82, 2.24) is 9.97 Å². The fourth-order valence-electron chi connectivity index (χ4n) is 1.34. The van der Waals surface area contributed by atoms with Gasteiger partial charge in [0.15, 0.2) is 0 Å². The molecule has 0 spiro atoms. The number of aromatic amines is 1. The Morgan fingerprint density at radius 2 is 2.36 bits per heavy atom. The topological polar surface area (TPSA) is 66.0 Å². The first-order chi connectivity index (χ1) is 6.27. The van der Waals surface area contributed by atoms with Crippen molar-refractivity contribution in [2.45, 2.75) is 6.42 Å². The number of nitrogens with zero attached hydrogens (tertiary/aromatic N) is 1. The summed E-state index contributed by atoms with van der Waals surface area (Å²) < 4.78 is 0. The number of carbonyl (C=O) groups is 1. The van der Waals surface area contributed by atoms with Gasteiger partial charge in [-0.3, -0.25) is 9.78 Å². The van der Waals surface area contributed by atoms with Gasteiger partial charge < -0.3 is 10.1 Å². The van der Waals surface area contributed by atoms with Crippen LogP contribution in [0.3, 0.4) is 0 Å². The standard InChI is InChI=1S/C9H8N2O2.K.H/c12-9(13)3-6-4-11-8-5-10-2-1-7(6)8;;/h1-2,4-5,11H,3H2,(H,12,13);;. The van der Waals surface area contributed by atoms with E-state index in [1.807, 2.05) is 6.07 Å². The molecule has 0 aromatic carbocycles. The Labute approximate surface area is 123 Å². The zero-order valence-electron chi connectivity index (χ0n) is 6.82. The Kier molecular flexibility index (Phi) is 4.27. The maximum atomic E-state index is 10.5. The Morgan fingerprint density at radius 1 is 1.57 bits per heavy atom. The van der Waals surface area contributed by atoms with E-state index in [0.29, 0.717) is 0 Å². The average Bonchev–Trinajstić information content (AvgIpc) is 2.48. The number of aromatic nitrogens is 2. The van der Waals surface area contributed by atoms with E-state index in [9.17, 15) is 4.79 Å². The van der Waals surface area contributed by atoms with Crippen LogP contribution in [0.5, 0.6) is 0 Å². The molecule has 2 aromatic heterocycles. The number of aliphatic carboxylic acids is 1. The van der Waals surface area contributed by atoms with Crippen molar-refractivity contribution in [2.24, 2.45) is 0 Å². The van der Waals surface area contributed by atoms with Crippen LogP contribution in [0.25, 0.3) is 10.9 Å². The number of carboxylic acid groups (broad SMARTS) is 1. The fraction of sp³-hybridized carbons (Fsp3) is 0.111. The van der Waals surface area contributed by atoms with Crippen molar-refractivity contribution in [3.8, 4) is 0 Å². The summed E-state index contributed by atoms with van der Waals surface area (Å²) in [5.74, 6) is -0.822. The second kappa shape index (κ2) is 5.04. The predicted molar refractivity (Wildman–Crippen MR) is 54.6 cm³/mol. The number of nitrogens with one attached hydrogen (secondary N) is 1. The Morgan fingerprint density at radius 3 is 3.07 bits per heavy atom. The van der Waals surface area contributed by atoms with Crippen LogP contribution in [0.2, 0.25) is 0 Å². The summed E-state index contributed by atoms with van der Waals surface area (Å²) in [6, 6.07) is 1.81. The molecule has 5 heteroatoms. The molecule has 0 amide bonds. The van der Waals surface area contributed by atoms with E-state index >= 15 is 0 Å². The molecule has 4 nitrogen and oxygen atoms in total. The van der Waals surface area contributed by atoms with Crippen LogP contribution in [-0.2, 0) is 11.2 Å². The van der Waals surface area contributed by atoms with Crippen molar-refractivity contribution >= 4 is 68.3 Å². The van der Waals surface area contributed by atoms with Crippen LogP contribution >= 0.6 is 0 Å². The molecule has 2 rings (SSSR count). The van der Waals surface area contributed by atoms with Gasteiger partial charge in [0.2, 0.25) is 0 Å². The second-order valence-corrected chi connectivity index (χ2v) is 2.81. The fourth-order valence-corrected chi connectivity index (χ4v) is 1.34. The molecule has 0 bridgehead atoms. The van der Waals surface area contributed by atoms with Gasteiger partial charge in [0.25, 0.3) is 0 Å². The summed E-state index contributed by atoms with van der Waals surface area (Å²) in [6.07, 6.45) is 5.09. The molecular weight excluding hydrogens is 207 g/mol. The summed E-state index contributed by atoms with van der Waals surface area (Å²) in [6.45, 7) is 0. The van der Waals surface area contributed by atoms with E-state index in [0.717, 1.165) is 16.5 Å². The van der Waals surface area contributed by atoms with E-state index < -0.39 is 5.97 Å². The third-order valence-corrected chi connectivity index (χ3v) is 1.91. The third-order valence-electron chi connectivity index (χ3n) is 1.91. The van der Waals surface area contributed by atoms with E-state index in [-0.39, 0.29) is 57.8 Å². The molecule has 68 valence electrons. The van der Waals surface area contributed by atoms with E-state index in [4.69, 9.17) is 5.11 Å². The molecule has 0 saturated carbocycles. The van der Waals surface area contributed by atoms with Gasteiger partial charge in [-0.25, -0.2) is 0 Å². The molecule has 0 radical (unpaired) electrons. The number of fused-ring (bicyclic) bond motifs is 1. The van der Waals surface area contributed by atoms with Gasteiger partial charge in [-0.1, -0.05) is 0 Å². The number of hydrogen-bond donors (Lipinski definition) is 2. The van der Waals surface area contributed by atoms with Crippen LogP contribution in [0.4, 0.5) is 0 Å². The van der Waals surface area contributed by atoms with Crippen molar-refractivity contribution in [3.05, 3.63) is 30.2 Å². The van der Waals surface area contributed by atoms with E-state index in [1.165, 1.54) is 0 Å². The van der Waals surface area contributed by atoms with Crippen LogP contribution in [0.1, 0.15) is 5.56 Å². The Balaban J connectivity index is 0.000000980. The van der Waals surface area contributed by atoms with Gasteiger partial charge in [0, 0.05) is 17.8 Å². The molecule has 0 unspecified atom stereocenters. The van der Waals surface area contributed by atoms with Crippen LogP contribution in [-0.4, -0.2) is 72.4 Å². The average molecular weight is 216 g/mol. The normalized spacial score (nSPS) is 9.71.